The Kier molecular flexibility index (Phi) is 3.79. The highest BCUT2D eigenvalue weighted by Crippen LogP contribution is 2.35. The van der Waals surface area contributed by atoms with Gasteiger partial charge < -0.3 is 10.5 Å². The standard InChI is InChI=1S/C14H19NO2/c1-17-14(16)12-9-5-4-8-11(12)13(15)10-6-2-3-7-10/h4-5,8-10,13H,2-3,6-7,15H2,1H3. The molecule has 1 fully saturated rings. The molecule has 2 rings (SSSR count). The lowest BCUT2D eigenvalue weighted by Gasteiger charge is -2.21. The Morgan fingerprint density at radius 2 is 2.00 bits per heavy atom. The highest BCUT2D eigenvalue weighted by molar-refractivity contribution is 5.91. The number of rotatable bonds is 3. The van der Waals surface area contributed by atoms with Crippen molar-refractivity contribution < 1.29 is 9.53 Å². The van der Waals surface area contributed by atoms with Crippen LogP contribution in [0.4, 0.5) is 0 Å². The first-order valence-corrected chi connectivity index (χ1v) is 6.17. The van der Waals surface area contributed by atoms with Gasteiger partial charge in [0.1, 0.15) is 0 Å². The fraction of sp³-hybridized carbons (Fsp3) is 0.500. The topological polar surface area (TPSA) is 52.3 Å². The van der Waals surface area contributed by atoms with E-state index in [2.05, 4.69) is 0 Å². The van der Waals surface area contributed by atoms with Crippen LogP contribution in [0.5, 0.6) is 0 Å². The van der Waals surface area contributed by atoms with Crippen LogP contribution in [0.2, 0.25) is 0 Å². The molecule has 2 N–H and O–H groups in total. The zero-order valence-electron chi connectivity index (χ0n) is 10.2. The maximum absolute atomic E-state index is 11.7. The van der Waals surface area contributed by atoms with Crippen LogP contribution in [0.1, 0.15) is 47.6 Å². The normalized spacial score (nSPS) is 18.0. The number of esters is 1. The van der Waals surface area contributed by atoms with Gasteiger partial charge in [0, 0.05) is 6.04 Å². The summed E-state index contributed by atoms with van der Waals surface area (Å²) in [5.74, 6) is 0.204. The van der Waals surface area contributed by atoms with Gasteiger partial charge in [0.25, 0.3) is 0 Å². The second-order valence-corrected chi connectivity index (χ2v) is 4.65. The molecule has 1 unspecified atom stereocenters. The summed E-state index contributed by atoms with van der Waals surface area (Å²) in [7, 11) is 1.40. The number of benzene rings is 1. The number of nitrogens with two attached hydrogens (primary N) is 1. The van der Waals surface area contributed by atoms with Crippen molar-refractivity contribution in [1.29, 1.82) is 0 Å². The fourth-order valence-electron chi connectivity index (χ4n) is 2.65. The predicted octanol–water partition coefficient (Wildman–Crippen LogP) is 2.66. The minimum Gasteiger partial charge on any atom is -0.465 e. The first-order valence-electron chi connectivity index (χ1n) is 6.17. The summed E-state index contributed by atoms with van der Waals surface area (Å²) in [6, 6.07) is 7.45. The molecule has 0 aromatic heterocycles. The predicted molar refractivity (Wildman–Crippen MR) is 66.7 cm³/mol. The van der Waals surface area contributed by atoms with E-state index in [1.807, 2.05) is 18.2 Å². The average molecular weight is 233 g/mol. The van der Waals surface area contributed by atoms with Gasteiger partial charge in [-0.1, -0.05) is 31.0 Å². The van der Waals surface area contributed by atoms with E-state index in [4.69, 9.17) is 10.5 Å². The van der Waals surface area contributed by atoms with Crippen LogP contribution in [0, 0.1) is 5.92 Å². The summed E-state index contributed by atoms with van der Waals surface area (Å²) < 4.78 is 4.80. The monoisotopic (exact) mass is 233 g/mol. The summed E-state index contributed by atoms with van der Waals surface area (Å²) >= 11 is 0. The quantitative estimate of drug-likeness (QED) is 0.816. The van der Waals surface area contributed by atoms with Gasteiger partial charge in [-0.2, -0.15) is 0 Å². The van der Waals surface area contributed by atoms with Crippen LogP contribution >= 0.6 is 0 Å². The molecular weight excluding hydrogens is 214 g/mol. The summed E-state index contributed by atoms with van der Waals surface area (Å²) in [5.41, 5.74) is 7.81. The molecular formula is C14H19NO2. The van der Waals surface area contributed by atoms with Gasteiger partial charge in [-0.05, 0) is 30.4 Å². The van der Waals surface area contributed by atoms with E-state index < -0.39 is 0 Å². The lowest BCUT2D eigenvalue weighted by molar-refractivity contribution is 0.0598. The Hall–Kier alpha value is -1.35. The van der Waals surface area contributed by atoms with Gasteiger partial charge in [0.2, 0.25) is 0 Å². The van der Waals surface area contributed by atoms with E-state index >= 15 is 0 Å². The van der Waals surface area contributed by atoms with E-state index in [0.29, 0.717) is 11.5 Å². The average Bonchev–Trinajstić information content (AvgIpc) is 2.91. The van der Waals surface area contributed by atoms with Crippen molar-refractivity contribution in [3.05, 3.63) is 35.4 Å². The molecule has 0 spiro atoms. The van der Waals surface area contributed by atoms with E-state index in [9.17, 15) is 4.79 Å². The van der Waals surface area contributed by atoms with E-state index in [1.165, 1.54) is 20.0 Å². The molecule has 1 atom stereocenters. The zero-order chi connectivity index (χ0) is 12.3. The van der Waals surface area contributed by atoms with Gasteiger partial charge in [-0.15, -0.1) is 0 Å². The molecule has 3 nitrogen and oxygen atoms in total. The Morgan fingerprint density at radius 1 is 1.35 bits per heavy atom. The summed E-state index contributed by atoms with van der Waals surface area (Å²) in [4.78, 5) is 11.7. The molecule has 3 heteroatoms. The number of methoxy groups -OCH3 is 1. The van der Waals surface area contributed by atoms with E-state index in [1.54, 1.807) is 6.07 Å². The molecule has 17 heavy (non-hydrogen) atoms. The Morgan fingerprint density at radius 3 is 2.65 bits per heavy atom. The van der Waals surface area contributed by atoms with Gasteiger partial charge in [0.15, 0.2) is 0 Å². The van der Waals surface area contributed by atoms with Crippen LogP contribution in [-0.4, -0.2) is 13.1 Å². The van der Waals surface area contributed by atoms with Crippen LogP contribution < -0.4 is 5.73 Å². The van der Waals surface area contributed by atoms with Crippen molar-refractivity contribution in [2.75, 3.05) is 7.11 Å². The van der Waals surface area contributed by atoms with Crippen molar-refractivity contribution in [1.82, 2.24) is 0 Å². The maximum atomic E-state index is 11.7. The number of hydrogen-bond donors (Lipinski definition) is 1. The molecule has 0 amide bonds. The largest absolute Gasteiger partial charge is 0.465 e. The van der Waals surface area contributed by atoms with E-state index in [-0.39, 0.29) is 12.0 Å². The third-order valence-corrected chi connectivity index (χ3v) is 3.63. The first-order chi connectivity index (χ1) is 8.24. The molecule has 92 valence electrons. The lowest BCUT2D eigenvalue weighted by Crippen LogP contribution is -2.22. The smallest absolute Gasteiger partial charge is 0.338 e. The second-order valence-electron chi connectivity index (χ2n) is 4.65. The van der Waals surface area contributed by atoms with Crippen molar-refractivity contribution >= 4 is 5.97 Å². The molecule has 1 aliphatic rings. The summed E-state index contributed by atoms with van der Waals surface area (Å²) in [5, 5.41) is 0. The molecule has 0 heterocycles. The highest BCUT2D eigenvalue weighted by atomic mass is 16.5. The maximum Gasteiger partial charge on any atom is 0.338 e. The summed E-state index contributed by atoms with van der Waals surface area (Å²) in [6.07, 6.45) is 4.82. The van der Waals surface area contributed by atoms with Crippen LogP contribution in [0.15, 0.2) is 24.3 Å². The molecule has 1 aromatic rings. The van der Waals surface area contributed by atoms with E-state index in [0.717, 1.165) is 18.4 Å². The van der Waals surface area contributed by atoms with Gasteiger partial charge in [-0.25, -0.2) is 4.79 Å². The summed E-state index contributed by atoms with van der Waals surface area (Å²) in [6.45, 7) is 0. The third kappa shape index (κ3) is 2.50. The second kappa shape index (κ2) is 5.32. The minimum atomic E-state index is -0.297. The Balaban J connectivity index is 2.27. The number of hydrogen-bond acceptors (Lipinski definition) is 3. The van der Waals surface area contributed by atoms with Crippen LogP contribution in [-0.2, 0) is 4.74 Å². The van der Waals surface area contributed by atoms with Crippen molar-refractivity contribution in [3.63, 3.8) is 0 Å². The molecule has 0 bridgehead atoms. The van der Waals surface area contributed by atoms with Gasteiger partial charge in [0.05, 0.1) is 12.7 Å². The first kappa shape index (κ1) is 12.1. The highest BCUT2D eigenvalue weighted by Gasteiger charge is 2.26. The van der Waals surface area contributed by atoms with Crippen LogP contribution in [0.25, 0.3) is 0 Å². The van der Waals surface area contributed by atoms with Gasteiger partial charge >= 0.3 is 5.97 Å². The molecule has 0 aliphatic heterocycles. The Bertz CT molecular complexity index is 397. The zero-order valence-corrected chi connectivity index (χ0v) is 10.2. The molecule has 0 radical (unpaired) electrons. The minimum absolute atomic E-state index is 0.0483. The number of ether oxygens (including phenoxy) is 1. The SMILES string of the molecule is COC(=O)c1ccccc1C(N)C1CCCC1. The van der Waals surface area contributed by atoms with Crippen LogP contribution in [0.3, 0.4) is 0 Å². The van der Waals surface area contributed by atoms with Gasteiger partial charge in [-0.3, -0.25) is 0 Å². The van der Waals surface area contributed by atoms with Crippen molar-refractivity contribution in [3.8, 4) is 0 Å². The fourth-order valence-corrected chi connectivity index (χ4v) is 2.65. The lowest BCUT2D eigenvalue weighted by atomic mass is 9.89. The molecule has 0 saturated heterocycles. The molecule has 1 saturated carbocycles. The number of carbonyl (C=O) groups excluding carboxylic acids is 1. The Labute approximate surface area is 102 Å². The third-order valence-electron chi connectivity index (χ3n) is 3.63. The van der Waals surface area contributed by atoms with Crippen molar-refractivity contribution in [2.24, 2.45) is 11.7 Å². The van der Waals surface area contributed by atoms with Crippen molar-refractivity contribution in [2.45, 2.75) is 31.7 Å². The molecule has 1 aromatic carbocycles. The molecule has 1 aliphatic carbocycles. The number of carbonyl (C=O) groups is 1.